The highest BCUT2D eigenvalue weighted by Gasteiger charge is 2.23. The number of rotatable bonds is 0. The molecular formula is C7H16INO. The van der Waals surface area contributed by atoms with E-state index in [4.69, 9.17) is 5.11 Å². The minimum absolute atomic E-state index is 0. The Bertz CT molecular complexity index is 95.8. The van der Waals surface area contributed by atoms with Crippen molar-refractivity contribution in [3.05, 3.63) is 0 Å². The van der Waals surface area contributed by atoms with Crippen LogP contribution in [0.25, 0.3) is 0 Å². The van der Waals surface area contributed by atoms with Crippen molar-refractivity contribution >= 4 is 0 Å². The van der Waals surface area contributed by atoms with Gasteiger partial charge in [0.2, 0.25) is 0 Å². The van der Waals surface area contributed by atoms with Crippen LogP contribution in [-0.2, 0) is 0 Å². The summed E-state index contributed by atoms with van der Waals surface area (Å²) in [6.07, 6.45) is 1.94. The number of nitrogens with zero attached hydrogens (tertiary/aromatic N) is 1. The van der Waals surface area contributed by atoms with Crippen LogP contribution in [0.15, 0.2) is 0 Å². The molecule has 0 aromatic heterocycles. The summed E-state index contributed by atoms with van der Waals surface area (Å²) in [6.45, 7) is 2.25. The van der Waals surface area contributed by atoms with Crippen molar-refractivity contribution in [2.24, 2.45) is 0 Å². The van der Waals surface area contributed by atoms with Crippen LogP contribution in [0.2, 0.25) is 0 Å². The highest BCUT2D eigenvalue weighted by molar-refractivity contribution is 4.59. The van der Waals surface area contributed by atoms with Gasteiger partial charge in [-0.15, -0.1) is 0 Å². The molecule has 62 valence electrons. The third-order valence-corrected chi connectivity index (χ3v) is 2.14. The molecule has 2 nitrogen and oxygen atoms in total. The second-order valence-corrected chi connectivity index (χ2v) is 3.61. The van der Waals surface area contributed by atoms with Crippen LogP contribution >= 0.6 is 0 Å². The molecule has 0 aromatic rings. The lowest BCUT2D eigenvalue weighted by molar-refractivity contribution is -0.896. The van der Waals surface area contributed by atoms with Crippen LogP contribution in [0.4, 0.5) is 0 Å². The minimum atomic E-state index is -0.0175. The molecule has 1 fully saturated rings. The molecule has 0 spiro atoms. The SMILES string of the molecule is C[N+]1(C)CCC(O)CC1.[I-]. The highest BCUT2D eigenvalue weighted by atomic mass is 127. The Kier molecular flexibility index (Phi) is 4.13. The molecule has 1 aliphatic heterocycles. The van der Waals surface area contributed by atoms with E-state index in [0.717, 1.165) is 30.4 Å². The zero-order valence-electron chi connectivity index (χ0n) is 6.68. The summed E-state index contributed by atoms with van der Waals surface area (Å²) in [5.74, 6) is 0. The molecule has 0 unspecified atom stereocenters. The molecule has 0 amide bonds. The predicted octanol–water partition coefficient (Wildman–Crippen LogP) is -2.78. The first-order valence-electron chi connectivity index (χ1n) is 3.60. The van der Waals surface area contributed by atoms with Crippen molar-refractivity contribution in [2.75, 3.05) is 27.2 Å². The van der Waals surface area contributed by atoms with E-state index in [1.54, 1.807) is 0 Å². The number of hydrogen-bond acceptors (Lipinski definition) is 1. The topological polar surface area (TPSA) is 20.2 Å². The Morgan fingerprint density at radius 1 is 1.20 bits per heavy atom. The van der Waals surface area contributed by atoms with Crippen LogP contribution in [0.3, 0.4) is 0 Å². The molecule has 0 atom stereocenters. The van der Waals surface area contributed by atoms with Gasteiger partial charge in [0.25, 0.3) is 0 Å². The fourth-order valence-electron chi connectivity index (χ4n) is 1.25. The zero-order valence-corrected chi connectivity index (χ0v) is 8.84. The van der Waals surface area contributed by atoms with E-state index in [2.05, 4.69) is 14.1 Å². The molecule has 0 aromatic carbocycles. The van der Waals surface area contributed by atoms with Gasteiger partial charge in [-0.25, -0.2) is 0 Å². The maximum atomic E-state index is 9.13. The number of halogens is 1. The van der Waals surface area contributed by atoms with Crippen molar-refractivity contribution in [1.29, 1.82) is 0 Å². The van der Waals surface area contributed by atoms with Crippen molar-refractivity contribution < 1.29 is 33.6 Å². The number of aliphatic hydroxyl groups is 1. The first-order valence-corrected chi connectivity index (χ1v) is 3.60. The summed E-state index contributed by atoms with van der Waals surface area (Å²) in [6, 6.07) is 0. The van der Waals surface area contributed by atoms with Crippen LogP contribution in [0, 0.1) is 0 Å². The number of aliphatic hydroxyl groups excluding tert-OH is 1. The van der Waals surface area contributed by atoms with Gasteiger partial charge in [0.15, 0.2) is 0 Å². The number of quaternary nitrogens is 1. The molecule has 1 saturated heterocycles. The number of piperidine rings is 1. The average molecular weight is 257 g/mol. The lowest BCUT2D eigenvalue weighted by atomic mass is 10.1. The summed E-state index contributed by atoms with van der Waals surface area (Å²) in [5, 5.41) is 9.13. The molecule has 0 saturated carbocycles. The van der Waals surface area contributed by atoms with Crippen molar-refractivity contribution in [3.8, 4) is 0 Å². The minimum Gasteiger partial charge on any atom is -1.00 e. The summed E-state index contributed by atoms with van der Waals surface area (Å²) in [4.78, 5) is 0. The van der Waals surface area contributed by atoms with Crippen LogP contribution in [-0.4, -0.2) is 42.9 Å². The molecule has 1 aliphatic rings. The Balaban J connectivity index is 0.000000810. The Morgan fingerprint density at radius 3 is 1.90 bits per heavy atom. The zero-order chi connectivity index (χ0) is 6.91. The fourth-order valence-corrected chi connectivity index (χ4v) is 1.25. The first-order chi connectivity index (χ1) is 4.10. The molecule has 1 heterocycles. The van der Waals surface area contributed by atoms with Crippen LogP contribution < -0.4 is 24.0 Å². The largest absolute Gasteiger partial charge is 1.00 e. The van der Waals surface area contributed by atoms with Gasteiger partial charge in [-0.1, -0.05) is 0 Å². The fraction of sp³-hybridized carbons (Fsp3) is 1.00. The van der Waals surface area contributed by atoms with E-state index in [-0.39, 0.29) is 30.1 Å². The molecule has 0 radical (unpaired) electrons. The third kappa shape index (κ3) is 3.16. The molecular weight excluding hydrogens is 241 g/mol. The van der Waals surface area contributed by atoms with E-state index in [0.29, 0.717) is 0 Å². The van der Waals surface area contributed by atoms with Crippen LogP contribution in [0.5, 0.6) is 0 Å². The van der Waals surface area contributed by atoms with Gasteiger partial charge in [-0.3, -0.25) is 0 Å². The molecule has 3 heteroatoms. The standard InChI is InChI=1S/C7H16NO.HI/c1-8(2)5-3-7(9)4-6-8;/h7,9H,3-6H2,1-2H3;1H/q+1;/p-1. The summed E-state index contributed by atoms with van der Waals surface area (Å²) >= 11 is 0. The smallest absolute Gasteiger partial charge is 0.0807 e. The quantitative estimate of drug-likeness (QED) is 0.368. The number of likely N-dealkylation sites (tertiary alicyclic amines) is 1. The molecule has 0 aliphatic carbocycles. The Morgan fingerprint density at radius 2 is 1.60 bits per heavy atom. The van der Waals surface area contributed by atoms with Crippen molar-refractivity contribution in [3.63, 3.8) is 0 Å². The summed E-state index contributed by atoms with van der Waals surface area (Å²) in [5.41, 5.74) is 0. The van der Waals surface area contributed by atoms with E-state index in [9.17, 15) is 0 Å². The Hall–Kier alpha value is 0.650. The molecule has 1 rings (SSSR count). The molecule has 0 bridgehead atoms. The average Bonchev–Trinajstić information content (AvgIpc) is 1.78. The highest BCUT2D eigenvalue weighted by Crippen LogP contribution is 2.13. The Labute approximate surface area is 79.8 Å². The van der Waals surface area contributed by atoms with Crippen molar-refractivity contribution in [1.82, 2.24) is 0 Å². The van der Waals surface area contributed by atoms with Gasteiger partial charge in [-0.05, 0) is 0 Å². The summed E-state index contributed by atoms with van der Waals surface area (Å²) < 4.78 is 1.08. The van der Waals surface area contributed by atoms with E-state index in [1.165, 1.54) is 0 Å². The van der Waals surface area contributed by atoms with Gasteiger partial charge in [-0.2, -0.15) is 0 Å². The molecule has 10 heavy (non-hydrogen) atoms. The van der Waals surface area contributed by atoms with Gasteiger partial charge < -0.3 is 33.6 Å². The maximum absolute atomic E-state index is 9.13. The second kappa shape index (κ2) is 3.88. The van der Waals surface area contributed by atoms with E-state index >= 15 is 0 Å². The van der Waals surface area contributed by atoms with Crippen molar-refractivity contribution in [2.45, 2.75) is 18.9 Å². The van der Waals surface area contributed by atoms with Gasteiger partial charge in [0.1, 0.15) is 0 Å². The predicted molar refractivity (Wildman–Crippen MR) is 37.1 cm³/mol. The lowest BCUT2D eigenvalue weighted by Crippen LogP contribution is -3.00. The monoisotopic (exact) mass is 257 g/mol. The second-order valence-electron chi connectivity index (χ2n) is 3.61. The van der Waals surface area contributed by atoms with Crippen LogP contribution in [0.1, 0.15) is 12.8 Å². The van der Waals surface area contributed by atoms with Gasteiger partial charge in [0, 0.05) is 12.8 Å². The van der Waals surface area contributed by atoms with Gasteiger partial charge in [0.05, 0.1) is 33.3 Å². The normalized spacial score (nSPS) is 25.5. The van der Waals surface area contributed by atoms with E-state index < -0.39 is 0 Å². The lowest BCUT2D eigenvalue weighted by Gasteiger charge is -2.35. The molecule has 1 N–H and O–H groups in total. The maximum Gasteiger partial charge on any atom is 0.0807 e. The van der Waals surface area contributed by atoms with Gasteiger partial charge >= 0.3 is 0 Å². The van der Waals surface area contributed by atoms with E-state index in [1.807, 2.05) is 0 Å². The number of hydrogen-bond donors (Lipinski definition) is 1. The third-order valence-electron chi connectivity index (χ3n) is 2.14. The summed E-state index contributed by atoms with van der Waals surface area (Å²) in [7, 11) is 4.43. The first kappa shape index (κ1) is 10.7.